The van der Waals surface area contributed by atoms with Gasteiger partial charge in [-0.25, -0.2) is 14.8 Å². The van der Waals surface area contributed by atoms with Crippen molar-refractivity contribution < 1.29 is 14.1 Å². The fraction of sp³-hybridized carbons (Fsp3) is 0.391. The molecule has 2 aromatic heterocycles. The minimum atomic E-state index is -0.669. The zero-order chi connectivity index (χ0) is 23.7. The van der Waals surface area contributed by atoms with E-state index in [1.54, 1.807) is 6.07 Å². The number of anilines is 1. The number of carbonyl (C=O) groups excluding carboxylic acids is 1. The first kappa shape index (κ1) is 24.2. The Balaban J connectivity index is 2.07. The fourth-order valence-electron chi connectivity index (χ4n) is 2.96. The minimum absolute atomic E-state index is 0.315. The second-order valence-electron chi connectivity index (χ2n) is 9.26. The van der Waals surface area contributed by atoms with E-state index in [1.807, 2.05) is 65.8 Å². The summed E-state index contributed by atoms with van der Waals surface area (Å²) in [6.07, 6.45) is 1.00. The SMILES string of the molecule is CC(C)(C)OC(=O)N(c1ncc(Br)nc1-c1cc(-c2ccc(CCl)cc2)no1)C(C)(C)C. The van der Waals surface area contributed by atoms with Crippen LogP contribution in [0.5, 0.6) is 0 Å². The van der Waals surface area contributed by atoms with Crippen molar-refractivity contribution in [3.8, 4) is 22.7 Å². The lowest BCUT2D eigenvalue weighted by Gasteiger charge is -2.36. The molecule has 0 saturated heterocycles. The Morgan fingerprint density at radius 1 is 1.16 bits per heavy atom. The highest BCUT2D eigenvalue weighted by molar-refractivity contribution is 9.10. The number of benzene rings is 1. The molecule has 0 saturated carbocycles. The summed E-state index contributed by atoms with van der Waals surface area (Å²) in [5, 5.41) is 4.19. The van der Waals surface area contributed by atoms with Gasteiger partial charge in [-0.05, 0) is 63.0 Å². The number of halogens is 2. The number of hydrogen-bond donors (Lipinski definition) is 0. The fourth-order valence-corrected chi connectivity index (χ4v) is 3.42. The lowest BCUT2D eigenvalue weighted by Crippen LogP contribution is -2.49. The van der Waals surface area contributed by atoms with Crippen molar-refractivity contribution in [2.24, 2.45) is 0 Å². The summed E-state index contributed by atoms with van der Waals surface area (Å²) in [5.41, 5.74) is 1.58. The van der Waals surface area contributed by atoms with Gasteiger partial charge in [-0.3, -0.25) is 4.90 Å². The number of rotatable bonds is 4. The second kappa shape index (κ2) is 9.19. The molecule has 32 heavy (non-hydrogen) atoms. The molecule has 0 atom stereocenters. The summed E-state index contributed by atoms with van der Waals surface area (Å²) < 4.78 is 11.8. The van der Waals surface area contributed by atoms with Gasteiger partial charge in [0.2, 0.25) is 0 Å². The summed E-state index contributed by atoms with van der Waals surface area (Å²) in [7, 11) is 0. The van der Waals surface area contributed by atoms with Crippen molar-refractivity contribution >= 4 is 39.4 Å². The van der Waals surface area contributed by atoms with Crippen molar-refractivity contribution in [3.63, 3.8) is 0 Å². The van der Waals surface area contributed by atoms with Crippen LogP contribution < -0.4 is 4.90 Å². The molecule has 1 aromatic carbocycles. The number of carbonyl (C=O) groups is 1. The molecular weight excluding hydrogens is 496 g/mol. The van der Waals surface area contributed by atoms with Crippen LogP contribution in [0.4, 0.5) is 10.6 Å². The summed E-state index contributed by atoms with van der Waals surface area (Å²) in [5.74, 6) is 1.13. The molecule has 0 unspecified atom stereocenters. The predicted molar refractivity (Wildman–Crippen MR) is 129 cm³/mol. The molecule has 3 rings (SSSR count). The van der Waals surface area contributed by atoms with E-state index in [1.165, 1.54) is 11.1 Å². The number of amides is 1. The first-order valence-electron chi connectivity index (χ1n) is 10.1. The maximum absolute atomic E-state index is 13.1. The Morgan fingerprint density at radius 3 is 2.38 bits per heavy atom. The van der Waals surface area contributed by atoms with E-state index in [4.69, 9.17) is 20.9 Å². The van der Waals surface area contributed by atoms with Gasteiger partial charge in [0.05, 0.1) is 6.20 Å². The molecule has 170 valence electrons. The van der Waals surface area contributed by atoms with Crippen molar-refractivity contribution in [2.45, 2.75) is 58.6 Å². The van der Waals surface area contributed by atoms with Crippen molar-refractivity contribution in [3.05, 3.63) is 46.7 Å². The lowest BCUT2D eigenvalue weighted by molar-refractivity contribution is 0.0549. The van der Waals surface area contributed by atoms with E-state index in [-0.39, 0.29) is 0 Å². The molecule has 0 fully saturated rings. The van der Waals surface area contributed by atoms with E-state index in [0.29, 0.717) is 33.4 Å². The van der Waals surface area contributed by atoms with Crippen LogP contribution >= 0.6 is 27.5 Å². The maximum atomic E-state index is 13.1. The van der Waals surface area contributed by atoms with E-state index in [2.05, 4.69) is 31.1 Å². The van der Waals surface area contributed by atoms with Gasteiger partial charge in [0.1, 0.15) is 15.9 Å². The van der Waals surface area contributed by atoms with Crippen LogP contribution in [0.2, 0.25) is 0 Å². The van der Waals surface area contributed by atoms with E-state index in [9.17, 15) is 4.79 Å². The van der Waals surface area contributed by atoms with Gasteiger partial charge in [-0.1, -0.05) is 29.4 Å². The standard InChI is InChI=1S/C23H26BrClN4O3/c1-22(2,3)29(21(30)31-23(4,5)6)20-19(27-18(24)13-26-20)17-11-16(28-32-17)15-9-7-14(12-25)8-10-15/h7-11,13H,12H2,1-6H3. The monoisotopic (exact) mass is 520 g/mol. The number of hydrogen-bond acceptors (Lipinski definition) is 6. The molecule has 9 heteroatoms. The average molecular weight is 522 g/mol. The molecule has 0 bridgehead atoms. The highest BCUT2D eigenvalue weighted by atomic mass is 79.9. The van der Waals surface area contributed by atoms with E-state index in [0.717, 1.165) is 11.1 Å². The summed E-state index contributed by atoms with van der Waals surface area (Å²) in [6, 6.07) is 9.49. The third kappa shape index (κ3) is 5.66. The highest BCUT2D eigenvalue weighted by Gasteiger charge is 2.36. The van der Waals surface area contributed by atoms with Crippen LogP contribution in [0, 0.1) is 0 Å². The first-order valence-corrected chi connectivity index (χ1v) is 11.4. The smallest absolute Gasteiger partial charge is 0.416 e. The van der Waals surface area contributed by atoms with Crippen LogP contribution in [-0.2, 0) is 10.6 Å². The molecule has 0 spiro atoms. The first-order chi connectivity index (χ1) is 14.9. The summed E-state index contributed by atoms with van der Waals surface area (Å²) >= 11 is 9.24. The van der Waals surface area contributed by atoms with Crippen molar-refractivity contribution in [1.29, 1.82) is 0 Å². The van der Waals surface area contributed by atoms with Crippen molar-refractivity contribution in [1.82, 2.24) is 15.1 Å². The normalized spacial score (nSPS) is 12.0. The summed E-state index contributed by atoms with van der Waals surface area (Å²) in [4.78, 5) is 23.6. The second-order valence-corrected chi connectivity index (χ2v) is 10.3. The van der Waals surface area contributed by atoms with Crippen LogP contribution in [0.1, 0.15) is 47.1 Å². The molecule has 0 aliphatic carbocycles. The van der Waals surface area contributed by atoms with Gasteiger partial charge in [0.15, 0.2) is 17.3 Å². The lowest BCUT2D eigenvalue weighted by atomic mass is 10.1. The van der Waals surface area contributed by atoms with E-state index < -0.39 is 17.2 Å². The van der Waals surface area contributed by atoms with Gasteiger partial charge < -0.3 is 9.26 Å². The van der Waals surface area contributed by atoms with Gasteiger partial charge in [-0.15, -0.1) is 11.6 Å². The molecule has 7 nitrogen and oxygen atoms in total. The molecule has 0 aliphatic heterocycles. The Morgan fingerprint density at radius 2 is 1.81 bits per heavy atom. The number of ether oxygens (including phenoxy) is 1. The molecule has 2 heterocycles. The zero-order valence-electron chi connectivity index (χ0n) is 18.9. The summed E-state index contributed by atoms with van der Waals surface area (Å²) in [6.45, 7) is 11.1. The van der Waals surface area contributed by atoms with Crippen molar-refractivity contribution in [2.75, 3.05) is 4.90 Å². The Kier molecular flexibility index (Phi) is 6.95. The Bertz CT molecular complexity index is 1100. The largest absolute Gasteiger partial charge is 0.443 e. The molecule has 0 aliphatic rings. The van der Waals surface area contributed by atoms with Crippen LogP contribution in [0.3, 0.4) is 0 Å². The highest BCUT2D eigenvalue weighted by Crippen LogP contribution is 2.35. The third-order valence-corrected chi connectivity index (χ3v) is 5.02. The van der Waals surface area contributed by atoms with E-state index >= 15 is 0 Å². The third-order valence-electron chi connectivity index (χ3n) is 4.33. The quantitative estimate of drug-likeness (QED) is 0.350. The average Bonchev–Trinajstić information content (AvgIpc) is 3.17. The molecular formula is C23H26BrClN4O3. The minimum Gasteiger partial charge on any atom is -0.443 e. The molecule has 0 N–H and O–H groups in total. The molecule has 3 aromatic rings. The number of nitrogens with zero attached hydrogens (tertiary/aromatic N) is 4. The van der Waals surface area contributed by atoms with Gasteiger partial charge in [-0.2, -0.15) is 0 Å². The van der Waals surface area contributed by atoms with Crippen LogP contribution in [0.25, 0.3) is 22.7 Å². The molecule has 1 amide bonds. The number of aromatic nitrogens is 3. The number of alkyl halides is 1. The van der Waals surface area contributed by atoms with Crippen LogP contribution in [-0.4, -0.2) is 32.4 Å². The van der Waals surface area contributed by atoms with Gasteiger partial charge in [0, 0.05) is 23.0 Å². The maximum Gasteiger partial charge on any atom is 0.416 e. The van der Waals surface area contributed by atoms with Crippen LogP contribution in [0.15, 0.2) is 45.7 Å². The molecule has 0 radical (unpaired) electrons. The topological polar surface area (TPSA) is 81.4 Å². The van der Waals surface area contributed by atoms with Gasteiger partial charge >= 0.3 is 6.09 Å². The van der Waals surface area contributed by atoms with Gasteiger partial charge in [0.25, 0.3) is 0 Å². The zero-order valence-corrected chi connectivity index (χ0v) is 21.3. The Hall–Kier alpha value is -2.45. The predicted octanol–water partition coefficient (Wildman–Crippen LogP) is 6.84. The Labute approximate surface area is 201 Å².